The molecule has 156 valence electrons. The number of carbonyl (C=O) groups is 1. The summed E-state index contributed by atoms with van der Waals surface area (Å²) in [6.45, 7) is 3.77. The zero-order valence-electron chi connectivity index (χ0n) is 16.9. The number of carbonyl (C=O) groups excluding carboxylic acids is 1. The highest BCUT2D eigenvalue weighted by Gasteiger charge is 2.16. The molecular weight excluding hydrogens is 432 g/mol. The molecule has 0 aliphatic heterocycles. The zero-order valence-corrected chi connectivity index (χ0v) is 18.5. The minimum Gasteiger partial charge on any atom is -0.325 e. The van der Waals surface area contributed by atoms with E-state index in [1.807, 2.05) is 32.0 Å². The molecule has 0 saturated carbocycles. The van der Waals surface area contributed by atoms with E-state index < -0.39 is 0 Å². The Morgan fingerprint density at radius 1 is 1.13 bits per heavy atom. The number of fused-ring (bicyclic) bond motifs is 1. The molecule has 0 aliphatic rings. The van der Waals surface area contributed by atoms with Crippen LogP contribution in [-0.2, 0) is 4.79 Å². The molecule has 1 N–H and O–H groups in total. The maximum absolute atomic E-state index is 13.2. The van der Waals surface area contributed by atoms with Crippen LogP contribution in [0.5, 0.6) is 0 Å². The largest absolute Gasteiger partial charge is 0.325 e. The van der Waals surface area contributed by atoms with Gasteiger partial charge >= 0.3 is 0 Å². The summed E-state index contributed by atoms with van der Waals surface area (Å²) >= 11 is 7.31. The van der Waals surface area contributed by atoms with E-state index in [-0.39, 0.29) is 17.2 Å². The van der Waals surface area contributed by atoms with Gasteiger partial charge < -0.3 is 5.32 Å². The Morgan fingerprint density at radius 2 is 1.94 bits per heavy atom. The quantitative estimate of drug-likeness (QED) is 0.349. The average Bonchev–Trinajstić information content (AvgIpc) is 2.75. The smallest absolute Gasteiger partial charge is 0.267 e. The Kier molecular flexibility index (Phi) is 6.06. The van der Waals surface area contributed by atoms with Gasteiger partial charge in [-0.15, -0.1) is 0 Å². The SMILES string of the molecule is Cc1ccnc(-n2c(SCC(=O)Nc3cccc(Cl)c3C)nc3ccccc3c2=O)c1. The summed E-state index contributed by atoms with van der Waals surface area (Å²) in [5.74, 6) is 0.320. The number of benzene rings is 2. The molecule has 0 bridgehead atoms. The number of anilines is 1. The van der Waals surface area contributed by atoms with Gasteiger partial charge in [0, 0.05) is 16.9 Å². The predicted octanol–water partition coefficient (Wildman–Crippen LogP) is 4.78. The Hall–Kier alpha value is -3.16. The summed E-state index contributed by atoms with van der Waals surface area (Å²) in [6, 6.07) is 16.2. The first-order valence-corrected chi connectivity index (χ1v) is 10.9. The number of hydrogen-bond acceptors (Lipinski definition) is 5. The van der Waals surface area contributed by atoms with Gasteiger partial charge in [-0.05, 0) is 61.4 Å². The third kappa shape index (κ3) is 4.47. The van der Waals surface area contributed by atoms with Gasteiger partial charge in [0.2, 0.25) is 5.91 Å². The number of para-hydroxylation sites is 1. The normalized spacial score (nSPS) is 10.9. The second-order valence-electron chi connectivity index (χ2n) is 6.99. The number of halogens is 1. The van der Waals surface area contributed by atoms with E-state index in [0.29, 0.717) is 32.6 Å². The van der Waals surface area contributed by atoms with Gasteiger partial charge in [0.1, 0.15) is 5.82 Å². The number of hydrogen-bond donors (Lipinski definition) is 1. The summed E-state index contributed by atoms with van der Waals surface area (Å²) < 4.78 is 1.46. The van der Waals surface area contributed by atoms with Crippen LogP contribution >= 0.6 is 23.4 Å². The fourth-order valence-electron chi connectivity index (χ4n) is 3.11. The van der Waals surface area contributed by atoms with Crippen molar-refractivity contribution in [3.63, 3.8) is 0 Å². The summed E-state index contributed by atoms with van der Waals surface area (Å²) in [5.41, 5.74) is 2.77. The minimum absolute atomic E-state index is 0.0720. The molecule has 2 aromatic carbocycles. The molecule has 4 aromatic rings. The van der Waals surface area contributed by atoms with Crippen LogP contribution in [0.1, 0.15) is 11.1 Å². The maximum atomic E-state index is 13.2. The summed E-state index contributed by atoms with van der Waals surface area (Å²) in [5, 5.41) is 4.35. The lowest BCUT2D eigenvalue weighted by molar-refractivity contribution is -0.113. The van der Waals surface area contributed by atoms with E-state index in [1.165, 1.54) is 16.3 Å². The molecule has 31 heavy (non-hydrogen) atoms. The molecule has 2 aromatic heterocycles. The number of rotatable bonds is 5. The lowest BCUT2D eigenvalue weighted by Gasteiger charge is -2.13. The zero-order chi connectivity index (χ0) is 22.0. The van der Waals surface area contributed by atoms with Crippen molar-refractivity contribution in [2.75, 3.05) is 11.1 Å². The first-order valence-electron chi connectivity index (χ1n) is 9.56. The van der Waals surface area contributed by atoms with Crippen molar-refractivity contribution in [2.24, 2.45) is 0 Å². The number of aryl methyl sites for hydroxylation is 1. The number of amides is 1. The molecular formula is C23H19ClN4O2S. The van der Waals surface area contributed by atoms with Crippen LogP contribution < -0.4 is 10.9 Å². The number of nitrogens with one attached hydrogen (secondary N) is 1. The van der Waals surface area contributed by atoms with E-state index in [0.717, 1.165) is 11.1 Å². The number of nitrogens with zero attached hydrogens (tertiary/aromatic N) is 3. The monoisotopic (exact) mass is 450 g/mol. The van der Waals surface area contributed by atoms with Gasteiger partial charge in [0.25, 0.3) is 5.56 Å². The summed E-state index contributed by atoms with van der Waals surface area (Å²) in [6.07, 6.45) is 1.65. The molecule has 0 aliphatic carbocycles. The van der Waals surface area contributed by atoms with Crippen molar-refractivity contribution in [3.05, 3.63) is 87.3 Å². The minimum atomic E-state index is -0.225. The van der Waals surface area contributed by atoms with Crippen LogP contribution in [0.25, 0.3) is 16.7 Å². The summed E-state index contributed by atoms with van der Waals surface area (Å²) in [4.78, 5) is 34.8. The van der Waals surface area contributed by atoms with Gasteiger partial charge in [-0.2, -0.15) is 0 Å². The summed E-state index contributed by atoms with van der Waals surface area (Å²) in [7, 11) is 0. The average molecular weight is 451 g/mol. The third-order valence-corrected chi connectivity index (χ3v) is 6.10. The van der Waals surface area contributed by atoms with Crippen LogP contribution in [0.2, 0.25) is 5.02 Å². The van der Waals surface area contributed by atoms with Gasteiger partial charge in [-0.25, -0.2) is 14.5 Å². The first kappa shape index (κ1) is 21.1. The van der Waals surface area contributed by atoms with Gasteiger partial charge in [-0.1, -0.05) is 41.6 Å². The highest BCUT2D eigenvalue weighted by molar-refractivity contribution is 7.99. The van der Waals surface area contributed by atoms with Crippen molar-refractivity contribution >= 4 is 45.9 Å². The second kappa shape index (κ2) is 8.91. The van der Waals surface area contributed by atoms with Gasteiger partial charge in [0.05, 0.1) is 16.7 Å². The van der Waals surface area contributed by atoms with E-state index in [2.05, 4.69) is 15.3 Å². The lowest BCUT2D eigenvalue weighted by Crippen LogP contribution is -2.23. The first-order chi connectivity index (χ1) is 14.9. The van der Waals surface area contributed by atoms with Crippen molar-refractivity contribution in [2.45, 2.75) is 19.0 Å². The molecule has 6 nitrogen and oxygen atoms in total. The molecule has 0 atom stereocenters. The Labute approximate surface area is 188 Å². The molecule has 2 heterocycles. The number of thioether (sulfide) groups is 1. The van der Waals surface area contributed by atoms with Crippen LogP contribution in [0.4, 0.5) is 5.69 Å². The van der Waals surface area contributed by atoms with Crippen molar-refractivity contribution in [1.82, 2.24) is 14.5 Å². The highest BCUT2D eigenvalue weighted by atomic mass is 35.5. The third-order valence-electron chi connectivity index (χ3n) is 4.75. The van der Waals surface area contributed by atoms with Crippen LogP contribution in [0.3, 0.4) is 0 Å². The van der Waals surface area contributed by atoms with Crippen LogP contribution in [0.15, 0.2) is 70.7 Å². The molecule has 0 fully saturated rings. The van der Waals surface area contributed by atoms with E-state index in [4.69, 9.17) is 11.6 Å². The highest BCUT2D eigenvalue weighted by Crippen LogP contribution is 2.24. The number of pyridine rings is 1. The fraction of sp³-hybridized carbons (Fsp3) is 0.130. The Bertz CT molecular complexity index is 1350. The van der Waals surface area contributed by atoms with E-state index >= 15 is 0 Å². The molecule has 0 radical (unpaired) electrons. The molecule has 1 amide bonds. The van der Waals surface area contributed by atoms with Crippen molar-refractivity contribution in [3.8, 4) is 5.82 Å². The molecule has 0 saturated heterocycles. The lowest BCUT2D eigenvalue weighted by atomic mass is 10.2. The van der Waals surface area contributed by atoms with E-state index in [9.17, 15) is 9.59 Å². The predicted molar refractivity (Wildman–Crippen MR) is 125 cm³/mol. The van der Waals surface area contributed by atoms with Crippen LogP contribution in [-0.4, -0.2) is 26.2 Å². The molecule has 0 unspecified atom stereocenters. The maximum Gasteiger partial charge on any atom is 0.267 e. The van der Waals surface area contributed by atoms with Gasteiger partial charge in [-0.3, -0.25) is 9.59 Å². The van der Waals surface area contributed by atoms with Crippen LogP contribution in [0, 0.1) is 13.8 Å². The topological polar surface area (TPSA) is 76.9 Å². The molecule has 8 heteroatoms. The molecule has 4 rings (SSSR count). The Balaban J connectivity index is 1.68. The Morgan fingerprint density at radius 3 is 2.74 bits per heavy atom. The number of aromatic nitrogens is 3. The van der Waals surface area contributed by atoms with Crippen molar-refractivity contribution in [1.29, 1.82) is 0 Å². The molecule has 0 spiro atoms. The van der Waals surface area contributed by atoms with E-state index in [1.54, 1.807) is 42.6 Å². The van der Waals surface area contributed by atoms with Crippen molar-refractivity contribution < 1.29 is 4.79 Å². The fourth-order valence-corrected chi connectivity index (χ4v) is 4.09. The second-order valence-corrected chi connectivity index (χ2v) is 8.34. The standard InChI is InChI=1S/C23H19ClN4O2S/c1-14-10-11-25-20(12-14)28-22(30)16-6-3-4-8-19(16)27-23(28)31-13-21(29)26-18-9-5-7-17(24)15(18)2/h3-12H,13H2,1-2H3,(H,26,29). The van der Waals surface area contributed by atoms with Gasteiger partial charge in [0.15, 0.2) is 5.16 Å².